The number of likely N-dealkylation sites (tertiary alicyclic amines) is 1. The van der Waals surface area contributed by atoms with Crippen molar-refractivity contribution >= 4 is 17.7 Å². The summed E-state index contributed by atoms with van der Waals surface area (Å²) >= 11 is 0. The van der Waals surface area contributed by atoms with Crippen LogP contribution < -0.4 is 11.1 Å². The number of rotatable bonds is 3. The van der Waals surface area contributed by atoms with Crippen LogP contribution in [0.1, 0.15) is 19.8 Å². The number of amides is 3. The Kier molecular flexibility index (Phi) is 4.28. The van der Waals surface area contributed by atoms with Crippen molar-refractivity contribution in [2.24, 2.45) is 11.7 Å². The van der Waals surface area contributed by atoms with Crippen LogP contribution in [0, 0.1) is 5.92 Å². The number of carbonyl (C=O) groups is 3. The topological polar surface area (TPSA) is 92.5 Å². The van der Waals surface area contributed by atoms with E-state index in [1.165, 1.54) is 6.92 Å². The van der Waals surface area contributed by atoms with Gasteiger partial charge < -0.3 is 16.0 Å². The van der Waals surface area contributed by atoms with Crippen molar-refractivity contribution in [3.63, 3.8) is 0 Å². The number of primary amides is 1. The predicted molar refractivity (Wildman–Crippen MR) is 57.2 cm³/mol. The van der Waals surface area contributed by atoms with E-state index in [0.717, 1.165) is 0 Å². The molecular weight excluding hydrogens is 210 g/mol. The lowest BCUT2D eigenvalue weighted by molar-refractivity contribution is -0.134. The van der Waals surface area contributed by atoms with Gasteiger partial charge in [-0.3, -0.25) is 14.4 Å². The first-order chi connectivity index (χ1) is 7.50. The lowest BCUT2D eigenvalue weighted by Gasteiger charge is -2.30. The van der Waals surface area contributed by atoms with Crippen molar-refractivity contribution in [1.82, 2.24) is 10.2 Å². The summed E-state index contributed by atoms with van der Waals surface area (Å²) in [5.74, 6) is -0.775. The van der Waals surface area contributed by atoms with E-state index >= 15 is 0 Å². The fraction of sp³-hybridized carbons (Fsp3) is 0.700. The second-order valence-corrected chi connectivity index (χ2v) is 3.96. The molecule has 0 spiro atoms. The molecule has 0 unspecified atom stereocenters. The summed E-state index contributed by atoms with van der Waals surface area (Å²) in [5, 5.41) is 2.48. The zero-order valence-electron chi connectivity index (χ0n) is 9.36. The number of piperidine rings is 1. The fourth-order valence-corrected chi connectivity index (χ4v) is 1.78. The molecule has 0 radical (unpaired) electrons. The Morgan fingerprint density at radius 1 is 1.31 bits per heavy atom. The van der Waals surface area contributed by atoms with Crippen molar-refractivity contribution in [3.05, 3.63) is 0 Å². The van der Waals surface area contributed by atoms with Crippen LogP contribution in [0.15, 0.2) is 0 Å². The normalized spacial score (nSPS) is 16.9. The highest BCUT2D eigenvalue weighted by molar-refractivity contribution is 5.85. The van der Waals surface area contributed by atoms with E-state index in [4.69, 9.17) is 5.73 Å². The van der Waals surface area contributed by atoms with E-state index in [1.54, 1.807) is 4.90 Å². The van der Waals surface area contributed by atoms with Gasteiger partial charge in [-0.25, -0.2) is 0 Å². The lowest BCUT2D eigenvalue weighted by Crippen LogP contribution is -2.43. The standard InChI is InChI=1S/C10H17N3O3/c1-7(14)13-4-2-8(3-5-13)10(16)12-6-9(11)15/h8H,2-6H2,1H3,(H2,11,15)(H,12,16). The first-order valence-corrected chi connectivity index (χ1v) is 5.32. The molecule has 6 heteroatoms. The van der Waals surface area contributed by atoms with Crippen molar-refractivity contribution in [1.29, 1.82) is 0 Å². The van der Waals surface area contributed by atoms with E-state index in [9.17, 15) is 14.4 Å². The summed E-state index contributed by atoms with van der Waals surface area (Å²) in [6.45, 7) is 2.60. The van der Waals surface area contributed by atoms with E-state index in [1.807, 2.05) is 0 Å². The van der Waals surface area contributed by atoms with Gasteiger partial charge in [0, 0.05) is 25.9 Å². The molecule has 1 aliphatic rings. The average Bonchev–Trinajstić information content (AvgIpc) is 2.26. The fourth-order valence-electron chi connectivity index (χ4n) is 1.78. The largest absolute Gasteiger partial charge is 0.368 e. The minimum Gasteiger partial charge on any atom is -0.368 e. The quantitative estimate of drug-likeness (QED) is 0.637. The highest BCUT2D eigenvalue weighted by Gasteiger charge is 2.25. The van der Waals surface area contributed by atoms with Crippen LogP contribution in [0.2, 0.25) is 0 Å². The Balaban J connectivity index is 2.33. The van der Waals surface area contributed by atoms with Crippen LogP contribution in [0.3, 0.4) is 0 Å². The SMILES string of the molecule is CC(=O)N1CCC(C(=O)NCC(N)=O)CC1. The highest BCUT2D eigenvalue weighted by atomic mass is 16.2. The zero-order chi connectivity index (χ0) is 12.1. The number of hydrogen-bond donors (Lipinski definition) is 2. The summed E-state index contributed by atoms with van der Waals surface area (Å²) in [6.07, 6.45) is 1.29. The van der Waals surface area contributed by atoms with Crippen LogP contribution in [0.4, 0.5) is 0 Å². The van der Waals surface area contributed by atoms with Gasteiger partial charge in [0.2, 0.25) is 17.7 Å². The van der Waals surface area contributed by atoms with Gasteiger partial charge in [-0.2, -0.15) is 0 Å². The first kappa shape index (κ1) is 12.5. The summed E-state index contributed by atoms with van der Waals surface area (Å²) < 4.78 is 0. The minimum absolute atomic E-state index is 0.0380. The van der Waals surface area contributed by atoms with Crippen LogP contribution >= 0.6 is 0 Å². The second kappa shape index (κ2) is 5.48. The van der Waals surface area contributed by atoms with Gasteiger partial charge >= 0.3 is 0 Å². The van der Waals surface area contributed by atoms with Crippen molar-refractivity contribution < 1.29 is 14.4 Å². The van der Waals surface area contributed by atoms with E-state index in [-0.39, 0.29) is 24.3 Å². The van der Waals surface area contributed by atoms with Gasteiger partial charge in [-0.05, 0) is 12.8 Å². The molecule has 0 saturated carbocycles. The van der Waals surface area contributed by atoms with Crippen LogP contribution in [-0.4, -0.2) is 42.3 Å². The van der Waals surface area contributed by atoms with Crippen molar-refractivity contribution in [3.8, 4) is 0 Å². The molecule has 0 atom stereocenters. The first-order valence-electron chi connectivity index (χ1n) is 5.32. The molecule has 1 aliphatic heterocycles. The summed E-state index contributed by atoms with van der Waals surface area (Å²) in [6, 6.07) is 0. The second-order valence-electron chi connectivity index (χ2n) is 3.96. The molecule has 0 aromatic rings. The van der Waals surface area contributed by atoms with Gasteiger partial charge in [0.25, 0.3) is 0 Å². The van der Waals surface area contributed by atoms with Crippen LogP contribution in [0.5, 0.6) is 0 Å². The predicted octanol–water partition coefficient (Wildman–Crippen LogP) is -1.15. The molecule has 1 saturated heterocycles. The monoisotopic (exact) mass is 227 g/mol. The van der Waals surface area contributed by atoms with Gasteiger partial charge in [0.1, 0.15) is 0 Å². The number of nitrogens with one attached hydrogen (secondary N) is 1. The summed E-state index contributed by atoms with van der Waals surface area (Å²) in [4.78, 5) is 34.8. The molecule has 0 aromatic heterocycles. The Labute approximate surface area is 94.2 Å². The molecule has 1 fully saturated rings. The molecule has 16 heavy (non-hydrogen) atoms. The molecule has 0 aromatic carbocycles. The summed E-state index contributed by atoms with van der Waals surface area (Å²) in [5.41, 5.74) is 4.93. The molecule has 0 aliphatic carbocycles. The Hall–Kier alpha value is -1.59. The Morgan fingerprint density at radius 2 is 1.88 bits per heavy atom. The van der Waals surface area contributed by atoms with Crippen molar-refractivity contribution in [2.75, 3.05) is 19.6 Å². The molecule has 3 amide bonds. The minimum atomic E-state index is -0.547. The third-order valence-corrected chi connectivity index (χ3v) is 2.75. The van der Waals surface area contributed by atoms with Crippen LogP contribution in [0.25, 0.3) is 0 Å². The maximum Gasteiger partial charge on any atom is 0.236 e. The van der Waals surface area contributed by atoms with Gasteiger partial charge in [0.15, 0.2) is 0 Å². The Morgan fingerprint density at radius 3 is 2.31 bits per heavy atom. The third kappa shape index (κ3) is 3.52. The number of hydrogen-bond acceptors (Lipinski definition) is 3. The lowest BCUT2D eigenvalue weighted by atomic mass is 9.96. The van der Waals surface area contributed by atoms with Gasteiger partial charge in [0.05, 0.1) is 6.54 Å². The van der Waals surface area contributed by atoms with E-state index in [2.05, 4.69) is 5.32 Å². The molecule has 0 bridgehead atoms. The smallest absolute Gasteiger partial charge is 0.236 e. The van der Waals surface area contributed by atoms with Gasteiger partial charge in [-0.1, -0.05) is 0 Å². The van der Waals surface area contributed by atoms with Crippen LogP contribution in [-0.2, 0) is 14.4 Å². The number of carbonyl (C=O) groups excluding carboxylic acids is 3. The highest BCUT2D eigenvalue weighted by Crippen LogP contribution is 2.17. The van der Waals surface area contributed by atoms with Crippen molar-refractivity contribution in [2.45, 2.75) is 19.8 Å². The molecule has 1 heterocycles. The molecule has 3 N–H and O–H groups in total. The number of nitrogens with two attached hydrogens (primary N) is 1. The van der Waals surface area contributed by atoms with Gasteiger partial charge in [-0.15, -0.1) is 0 Å². The average molecular weight is 227 g/mol. The maximum absolute atomic E-state index is 11.6. The van der Waals surface area contributed by atoms with E-state index in [0.29, 0.717) is 25.9 Å². The molecular formula is C10H17N3O3. The summed E-state index contributed by atoms with van der Waals surface area (Å²) in [7, 11) is 0. The maximum atomic E-state index is 11.6. The number of nitrogens with zero attached hydrogens (tertiary/aromatic N) is 1. The molecule has 6 nitrogen and oxygen atoms in total. The Bertz CT molecular complexity index is 296. The molecule has 90 valence electrons. The van der Waals surface area contributed by atoms with E-state index < -0.39 is 5.91 Å². The third-order valence-electron chi connectivity index (χ3n) is 2.75. The molecule has 1 rings (SSSR count). The zero-order valence-corrected chi connectivity index (χ0v) is 9.36.